The van der Waals surface area contributed by atoms with Gasteiger partial charge in [-0.15, -0.1) is 0 Å². The first kappa shape index (κ1) is 16.2. The zero-order valence-electron chi connectivity index (χ0n) is 10.6. The molecule has 1 aromatic carbocycles. The molecule has 0 bridgehead atoms. The maximum absolute atomic E-state index is 11.8. The standard InChI is InChI=1S/C12H9Br3N4O2/c1-5-2-9(18-17-5)12(21)19-16-4-6-7(13)3-8(14)11(20)10(6)15/h2-4,20H,1H3,(H,17,18)(H,19,21)/b16-4-. The van der Waals surface area contributed by atoms with Gasteiger partial charge in [0.05, 0.1) is 15.2 Å². The third-order valence-corrected chi connectivity index (χ3v) is 4.54. The number of hydrogen-bond donors (Lipinski definition) is 3. The Labute approximate surface area is 145 Å². The summed E-state index contributed by atoms with van der Waals surface area (Å²) in [5.74, 6) is -0.377. The summed E-state index contributed by atoms with van der Waals surface area (Å²) in [5.41, 5.74) is 3.99. The zero-order chi connectivity index (χ0) is 15.6. The van der Waals surface area contributed by atoms with Gasteiger partial charge in [-0.2, -0.15) is 10.2 Å². The molecule has 9 heteroatoms. The minimum atomic E-state index is -0.427. The SMILES string of the molecule is Cc1cc(C(=O)N/N=C\c2c(Br)cc(Br)c(O)c2Br)n[nH]1. The first-order valence-corrected chi connectivity index (χ1v) is 8.00. The number of aromatic nitrogens is 2. The van der Waals surface area contributed by atoms with Gasteiger partial charge in [-0.3, -0.25) is 9.89 Å². The third kappa shape index (κ3) is 3.72. The first-order valence-electron chi connectivity index (χ1n) is 5.62. The van der Waals surface area contributed by atoms with E-state index >= 15 is 0 Å². The summed E-state index contributed by atoms with van der Waals surface area (Å²) in [5, 5.41) is 20.2. The zero-order valence-corrected chi connectivity index (χ0v) is 15.4. The second-order valence-electron chi connectivity index (χ2n) is 4.05. The number of aryl methyl sites for hydroxylation is 1. The van der Waals surface area contributed by atoms with Crippen LogP contribution in [0, 0.1) is 6.92 Å². The van der Waals surface area contributed by atoms with Crippen molar-refractivity contribution in [1.82, 2.24) is 15.6 Å². The number of hydrogen-bond acceptors (Lipinski definition) is 4. The number of amides is 1. The van der Waals surface area contributed by atoms with Crippen molar-refractivity contribution in [1.29, 1.82) is 0 Å². The quantitative estimate of drug-likeness (QED) is 0.464. The molecule has 0 aliphatic carbocycles. The number of nitrogens with one attached hydrogen (secondary N) is 2. The lowest BCUT2D eigenvalue weighted by molar-refractivity contribution is 0.0950. The highest BCUT2D eigenvalue weighted by Gasteiger charge is 2.12. The Morgan fingerprint density at radius 1 is 1.38 bits per heavy atom. The van der Waals surface area contributed by atoms with E-state index in [1.165, 1.54) is 6.21 Å². The molecule has 1 aromatic heterocycles. The molecular weight excluding hydrogens is 472 g/mol. The van der Waals surface area contributed by atoms with E-state index < -0.39 is 5.91 Å². The fraction of sp³-hybridized carbons (Fsp3) is 0.0833. The fourth-order valence-corrected chi connectivity index (χ4v) is 3.79. The smallest absolute Gasteiger partial charge is 0.291 e. The van der Waals surface area contributed by atoms with E-state index in [-0.39, 0.29) is 11.4 Å². The van der Waals surface area contributed by atoms with E-state index in [9.17, 15) is 9.90 Å². The van der Waals surface area contributed by atoms with Crippen LogP contribution >= 0.6 is 47.8 Å². The van der Waals surface area contributed by atoms with Gasteiger partial charge >= 0.3 is 0 Å². The van der Waals surface area contributed by atoms with Crippen LogP contribution in [0.2, 0.25) is 0 Å². The Kier molecular flexibility index (Phi) is 5.17. The van der Waals surface area contributed by atoms with E-state index in [4.69, 9.17) is 0 Å². The van der Waals surface area contributed by atoms with Gasteiger partial charge < -0.3 is 5.11 Å². The average Bonchev–Trinajstić information content (AvgIpc) is 2.86. The molecule has 6 nitrogen and oxygen atoms in total. The number of carbonyl (C=O) groups is 1. The van der Waals surface area contributed by atoms with Crippen LogP contribution in [0.1, 0.15) is 21.7 Å². The Hall–Kier alpha value is -1.19. The van der Waals surface area contributed by atoms with Gasteiger partial charge in [-0.05, 0) is 50.9 Å². The van der Waals surface area contributed by atoms with Gasteiger partial charge in [-0.25, -0.2) is 5.43 Å². The Balaban J connectivity index is 2.15. The summed E-state index contributed by atoms with van der Waals surface area (Å²) >= 11 is 9.84. The molecule has 2 rings (SSSR count). The molecule has 110 valence electrons. The summed E-state index contributed by atoms with van der Waals surface area (Å²) < 4.78 is 1.69. The third-order valence-electron chi connectivity index (χ3n) is 2.48. The summed E-state index contributed by atoms with van der Waals surface area (Å²) in [6.07, 6.45) is 1.41. The minimum absolute atomic E-state index is 0.0499. The minimum Gasteiger partial charge on any atom is -0.506 e. The van der Waals surface area contributed by atoms with E-state index in [2.05, 4.69) is 68.5 Å². The molecule has 0 aliphatic rings. The molecule has 0 unspecified atom stereocenters. The molecule has 2 aromatic rings. The molecular formula is C12H9Br3N4O2. The molecule has 1 heterocycles. The lowest BCUT2D eigenvalue weighted by Crippen LogP contribution is -2.18. The Bertz CT molecular complexity index is 728. The highest BCUT2D eigenvalue weighted by molar-refractivity contribution is 9.11. The van der Waals surface area contributed by atoms with Crippen molar-refractivity contribution in [3.05, 3.63) is 42.5 Å². The molecule has 0 fully saturated rings. The molecule has 0 saturated carbocycles. The molecule has 0 radical (unpaired) electrons. The van der Waals surface area contributed by atoms with Crippen molar-refractivity contribution < 1.29 is 9.90 Å². The average molecular weight is 481 g/mol. The van der Waals surface area contributed by atoms with Crippen molar-refractivity contribution in [2.24, 2.45) is 5.10 Å². The summed E-state index contributed by atoms with van der Waals surface area (Å²) in [7, 11) is 0. The summed E-state index contributed by atoms with van der Waals surface area (Å²) in [6.45, 7) is 1.80. The number of hydrazone groups is 1. The number of rotatable bonds is 3. The summed E-state index contributed by atoms with van der Waals surface area (Å²) in [6, 6.07) is 3.29. The number of phenolic OH excluding ortho intramolecular Hbond substituents is 1. The maximum atomic E-state index is 11.8. The second-order valence-corrected chi connectivity index (χ2v) is 6.55. The van der Waals surface area contributed by atoms with Crippen LogP contribution in [0.15, 0.2) is 30.7 Å². The van der Waals surface area contributed by atoms with Crippen molar-refractivity contribution in [2.75, 3.05) is 0 Å². The Morgan fingerprint density at radius 2 is 2.10 bits per heavy atom. The number of phenols is 1. The summed E-state index contributed by atoms with van der Waals surface area (Å²) in [4.78, 5) is 11.8. The van der Waals surface area contributed by atoms with Crippen LogP contribution in [-0.4, -0.2) is 27.4 Å². The van der Waals surface area contributed by atoms with Crippen LogP contribution in [0.3, 0.4) is 0 Å². The van der Waals surface area contributed by atoms with Gasteiger partial charge in [0.2, 0.25) is 0 Å². The highest BCUT2D eigenvalue weighted by atomic mass is 79.9. The normalized spacial score (nSPS) is 11.0. The van der Waals surface area contributed by atoms with E-state index in [0.29, 0.717) is 19.0 Å². The van der Waals surface area contributed by atoms with Gasteiger partial charge in [0.15, 0.2) is 5.69 Å². The lowest BCUT2D eigenvalue weighted by Gasteiger charge is -2.06. The van der Waals surface area contributed by atoms with Crippen LogP contribution in [-0.2, 0) is 0 Å². The van der Waals surface area contributed by atoms with E-state index in [1.807, 2.05) is 0 Å². The second kappa shape index (κ2) is 6.71. The predicted molar refractivity (Wildman–Crippen MR) is 89.6 cm³/mol. The molecule has 1 amide bonds. The predicted octanol–water partition coefficient (Wildman–Crippen LogP) is 3.48. The number of halogens is 3. The Morgan fingerprint density at radius 3 is 2.71 bits per heavy atom. The molecule has 0 atom stereocenters. The number of nitrogens with zero attached hydrogens (tertiary/aromatic N) is 2. The van der Waals surface area contributed by atoms with Gasteiger partial charge in [0.25, 0.3) is 5.91 Å². The largest absolute Gasteiger partial charge is 0.506 e. The van der Waals surface area contributed by atoms with Crippen molar-refractivity contribution in [2.45, 2.75) is 6.92 Å². The van der Waals surface area contributed by atoms with Gasteiger partial charge in [-0.1, -0.05) is 15.9 Å². The molecule has 3 N–H and O–H groups in total. The maximum Gasteiger partial charge on any atom is 0.291 e. The highest BCUT2D eigenvalue weighted by Crippen LogP contribution is 2.38. The van der Waals surface area contributed by atoms with Gasteiger partial charge in [0, 0.05) is 15.7 Å². The molecule has 21 heavy (non-hydrogen) atoms. The number of aromatic amines is 1. The molecule has 0 aliphatic heterocycles. The van der Waals surface area contributed by atoms with Crippen LogP contribution in [0.5, 0.6) is 5.75 Å². The van der Waals surface area contributed by atoms with E-state index in [0.717, 1.165) is 5.69 Å². The monoisotopic (exact) mass is 478 g/mol. The van der Waals surface area contributed by atoms with Crippen molar-refractivity contribution >= 4 is 59.9 Å². The van der Waals surface area contributed by atoms with Crippen LogP contribution < -0.4 is 5.43 Å². The topological polar surface area (TPSA) is 90.4 Å². The van der Waals surface area contributed by atoms with E-state index in [1.54, 1.807) is 19.1 Å². The molecule has 0 spiro atoms. The van der Waals surface area contributed by atoms with Crippen molar-refractivity contribution in [3.8, 4) is 5.75 Å². The van der Waals surface area contributed by atoms with Crippen LogP contribution in [0.25, 0.3) is 0 Å². The number of H-pyrrole nitrogens is 1. The van der Waals surface area contributed by atoms with Gasteiger partial charge in [0.1, 0.15) is 5.75 Å². The first-order chi connectivity index (χ1) is 9.90. The van der Waals surface area contributed by atoms with Crippen LogP contribution in [0.4, 0.5) is 0 Å². The lowest BCUT2D eigenvalue weighted by atomic mass is 10.2. The molecule has 0 saturated heterocycles. The fourth-order valence-electron chi connectivity index (χ4n) is 1.46. The number of carbonyl (C=O) groups excluding carboxylic acids is 1. The van der Waals surface area contributed by atoms with Crippen molar-refractivity contribution in [3.63, 3.8) is 0 Å². The number of benzene rings is 1. The number of aromatic hydroxyl groups is 1.